The Morgan fingerprint density at radius 2 is 1.86 bits per heavy atom. The van der Waals surface area contributed by atoms with Gasteiger partial charge < -0.3 is 15.0 Å². The molecule has 6 heteroatoms. The SMILES string of the molecule is N#CC1(C(=O)N2C[C@@H](C(=O)NCCc3ccccc3)Oc3ccccc32)CC1. The Kier molecular flexibility index (Phi) is 4.74. The van der Waals surface area contributed by atoms with Gasteiger partial charge in [-0.05, 0) is 37.0 Å². The van der Waals surface area contributed by atoms with Crippen molar-refractivity contribution >= 4 is 17.5 Å². The molecule has 1 N–H and O–H groups in total. The van der Waals surface area contributed by atoms with Crippen molar-refractivity contribution in [2.24, 2.45) is 5.41 Å². The summed E-state index contributed by atoms with van der Waals surface area (Å²) in [4.78, 5) is 27.2. The molecule has 4 rings (SSSR count). The number of benzene rings is 2. The van der Waals surface area contributed by atoms with Crippen molar-refractivity contribution < 1.29 is 14.3 Å². The van der Waals surface area contributed by atoms with Crippen LogP contribution in [0.2, 0.25) is 0 Å². The second-order valence-electron chi connectivity index (χ2n) is 7.21. The molecule has 1 fully saturated rings. The molecule has 0 aromatic heterocycles. The fourth-order valence-corrected chi connectivity index (χ4v) is 3.41. The standard InChI is InChI=1S/C22H21N3O3/c23-15-22(11-12-22)21(27)25-14-19(28-18-9-5-4-8-17(18)25)20(26)24-13-10-16-6-2-1-3-7-16/h1-9,19H,10-14H2,(H,24,26)/t19-/m0/s1. The molecule has 142 valence electrons. The summed E-state index contributed by atoms with van der Waals surface area (Å²) in [5.41, 5.74) is 0.806. The van der Waals surface area contributed by atoms with Crippen molar-refractivity contribution in [1.29, 1.82) is 5.26 Å². The summed E-state index contributed by atoms with van der Waals surface area (Å²) in [6, 6.07) is 19.2. The van der Waals surface area contributed by atoms with Crippen LogP contribution in [-0.2, 0) is 16.0 Å². The molecule has 0 unspecified atom stereocenters. The number of nitrogens with zero attached hydrogens (tertiary/aromatic N) is 2. The number of amides is 2. The third-order valence-corrected chi connectivity index (χ3v) is 5.24. The zero-order chi connectivity index (χ0) is 19.6. The molecule has 1 heterocycles. The molecule has 1 aliphatic heterocycles. The lowest BCUT2D eigenvalue weighted by Gasteiger charge is -2.35. The topological polar surface area (TPSA) is 82.4 Å². The zero-order valence-electron chi connectivity index (χ0n) is 15.4. The Morgan fingerprint density at radius 1 is 1.14 bits per heavy atom. The molecule has 2 aromatic rings. The van der Waals surface area contributed by atoms with Crippen LogP contribution in [0, 0.1) is 16.7 Å². The number of anilines is 1. The molecule has 1 atom stereocenters. The molecule has 1 saturated carbocycles. The van der Waals surface area contributed by atoms with Crippen molar-refractivity contribution in [2.45, 2.75) is 25.4 Å². The molecule has 28 heavy (non-hydrogen) atoms. The van der Waals surface area contributed by atoms with Crippen LogP contribution in [0.15, 0.2) is 54.6 Å². The van der Waals surface area contributed by atoms with E-state index < -0.39 is 11.5 Å². The number of rotatable bonds is 5. The van der Waals surface area contributed by atoms with E-state index in [9.17, 15) is 14.9 Å². The van der Waals surface area contributed by atoms with Crippen LogP contribution in [-0.4, -0.2) is 31.0 Å². The summed E-state index contributed by atoms with van der Waals surface area (Å²) < 4.78 is 5.85. The second kappa shape index (κ2) is 7.35. The van der Waals surface area contributed by atoms with Gasteiger partial charge in [0.25, 0.3) is 5.91 Å². The summed E-state index contributed by atoms with van der Waals surface area (Å²) in [6.45, 7) is 0.594. The first-order valence-corrected chi connectivity index (χ1v) is 9.43. The summed E-state index contributed by atoms with van der Waals surface area (Å²) in [6.07, 6.45) is 1.05. The number of hydrogen-bond acceptors (Lipinski definition) is 4. The van der Waals surface area contributed by atoms with Gasteiger partial charge in [0, 0.05) is 6.54 Å². The monoisotopic (exact) mass is 375 g/mol. The van der Waals surface area contributed by atoms with Gasteiger partial charge in [0.1, 0.15) is 11.2 Å². The number of carbonyl (C=O) groups is 2. The van der Waals surface area contributed by atoms with Crippen LogP contribution < -0.4 is 15.0 Å². The highest BCUT2D eigenvalue weighted by molar-refractivity contribution is 6.03. The van der Waals surface area contributed by atoms with Crippen LogP contribution in [0.25, 0.3) is 0 Å². The lowest BCUT2D eigenvalue weighted by molar-refractivity contribution is -0.128. The van der Waals surface area contributed by atoms with Crippen LogP contribution in [0.1, 0.15) is 18.4 Å². The maximum absolute atomic E-state index is 13.0. The van der Waals surface area contributed by atoms with E-state index in [1.54, 1.807) is 18.2 Å². The van der Waals surface area contributed by atoms with E-state index in [1.807, 2.05) is 36.4 Å². The Hall–Kier alpha value is -3.33. The number of para-hydroxylation sites is 2. The van der Waals surface area contributed by atoms with Gasteiger partial charge >= 0.3 is 0 Å². The van der Waals surface area contributed by atoms with Gasteiger partial charge in [-0.3, -0.25) is 9.59 Å². The molecular weight excluding hydrogens is 354 g/mol. The molecule has 1 aliphatic carbocycles. The lowest BCUT2D eigenvalue weighted by atomic mass is 10.0. The first kappa shape index (κ1) is 18.1. The Morgan fingerprint density at radius 3 is 2.57 bits per heavy atom. The predicted molar refractivity (Wildman–Crippen MR) is 104 cm³/mol. The van der Waals surface area contributed by atoms with Crippen molar-refractivity contribution in [2.75, 3.05) is 18.0 Å². The second-order valence-corrected chi connectivity index (χ2v) is 7.21. The average Bonchev–Trinajstić information content (AvgIpc) is 3.54. The van der Waals surface area contributed by atoms with Crippen LogP contribution in [0.3, 0.4) is 0 Å². The summed E-state index contributed by atoms with van der Waals surface area (Å²) in [5.74, 6) is -0.0167. The largest absolute Gasteiger partial charge is 0.477 e. The Balaban J connectivity index is 1.46. The minimum atomic E-state index is -0.946. The van der Waals surface area contributed by atoms with Gasteiger partial charge in [-0.1, -0.05) is 42.5 Å². The third-order valence-electron chi connectivity index (χ3n) is 5.24. The first-order valence-electron chi connectivity index (χ1n) is 9.43. The molecule has 2 aromatic carbocycles. The molecule has 6 nitrogen and oxygen atoms in total. The maximum Gasteiger partial charge on any atom is 0.262 e. The van der Waals surface area contributed by atoms with Crippen molar-refractivity contribution in [3.05, 3.63) is 60.2 Å². The van der Waals surface area contributed by atoms with E-state index in [0.717, 1.165) is 12.0 Å². The lowest BCUT2D eigenvalue weighted by Crippen LogP contribution is -2.52. The summed E-state index contributed by atoms with van der Waals surface area (Å²) in [5, 5.41) is 12.3. The number of ether oxygens (including phenoxy) is 1. The van der Waals surface area contributed by atoms with Crippen molar-refractivity contribution in [3.63, 3.8) is 0 Å². The van der Waals surface area contributed by atoms with Crippen LogP contribution in [0.4, 0.5) is 5.69 Å². The van der Waals surface area contributed by atoms with Gasteiger partial charge in [-0.25, -0.2) is 0 Å². The van der Waals surface area contributed by atoms with E-state index in [-0.39, 0.29) is 18.4 Å². The fourth-order valence-electron chi connectivity index (χ4n) is 3.41. The molecule has 0 bridgehead atoms. The molecule has 2 amide bonds. The van der Waals surface area contributed by atoms with Crippen LogP contribution in [0.5, 0.6) is 5.75 Å². The Labute approximate surface area is 163 Å². The van der Waals surface area contributed by atoms with E-state index in [0.29, 0.717) is 30.8 Å². The van der Waals surface area contributed by atoms with E-state index in [2.05, 4.69) is 11.4 Å². The van der Waals surface area contributed by atoms with Crippen molar-refractivity contribution in [1.82, 2.24) is 5.32 Å². The molecule has 0 spiro atoms. The number of hydrogen-bond donors (Lipinski definition) is 1. The zero-order valence-corrected chi connectivity index (χ0v) is 15.4. The molecule has 0 saturated heterocycles. The molecule has 2 aliphatic rings. The maximum atomic E-state index is 13.0. The van der Waals surface area contributed by atoms with Gasteiger partial charge in [0.2, 0.25) is 5.91 Å². The minimum absolute atomic E-state index is 0.108. The van der Waals surface area contributed by atoms with Gasteiger partial charge in [-0.2, -0.15) is 5.26 Å². The summed E-state index contributed by atoms with van der Waals surface area (Å²) in [7, 11) is 0. The fraction of sp³-hybridized carbons (Fsp3) is 0.318. The number of nitriles is 1. The van der Waals surface area contributed by atoms with Crippen LogP contribution >= 0.6 is 0 Å². The van der Waals surface area contributed by atoms with Gasteiger partial charge in [-0.15, -0.1) is 0 Å². The Bertz CT molecular complexity index is 932. The quantitative estimate of drug-likeness (QED) is 0.870. The van der Waals surface area contributed by atoms with E-state index in [4.69, 9.17) is 4.74 Å². The highest BCUT2D eigenvalue weighted by Crippen LogP contribution is 2.48. The molecule has 0 radical (unpaired) electrons. The van der Waals surface area contributed by atoms with Crippen molar-refractivity contribution in [3.8, 4) is 11.8 Å². The average molecular weight is 375 g/mol. The number of nitrogens with one attached hydrogen (secondary N) is 1. The van der Waals surface area contributed by atoms with Gasteiger partial charge in [0.15, 0.2) is 6.10 Å². The first-order chi connectivity index (χ1) is 13.6. The number of carbonyl (C=O) groups excluding carboxylic acids is 2. The third kappa shape index (κ3) is 3.44. The van der Waals surface area contributed by atoms with E-state index >= 15 is 0 Å². The minimum Gasteiger partial charge on any atom is -0.477 e. The highest BCUT2D eigenvalue weighted by Gasteiger charge is 2.54. The summed E-state index contributed by atoms with van der Waals surface area (Å²) >= 11 is 0. The van der Waals surface area contributed by atoms with E-state index in [1.165, 1.54) is 4.90 Å². The van der Waals surface area contributed by atoms with Gasteiger partial charge in [0.05, 0.1) is 18.3 Å². The smallest absolute Gasteiger partial charge is 0.262 e. The normalized spacial score (nSPS) is 19.0. The number of fused-ring (bicyclic) bond motifs is 1. The highest BCUT2D eigenvalue weighted by atomic mass is 16.5. The molecular formula is C22H21N3O3. The predicted octanol–water partition coefficient (Wildman–Crippen LogP) is 2.44.